The van der Waals surface area contributed by atoms with Gasteiger partial charge in [-0.2, -0.15) is 4.31 Å². The fourth-order valence-electron chi connectivity index (χ4n) is 3.02. The molecule has 1 aliphatic heterocycles. The van der Waals surface area contributed by atoms with Crippen LogP contribution in [0.15, 0.2) is 46.0 Å². The molecule has 5 nitrogen and oxygen atoms in total. The standard InChI is InChI=1S/C18H22N2O3S2/c1-2-14-7-9-15(10-8-14)13-19-18(21)16-5-3-11-20(16)25(22,23)17-6-4-12-24-17/h4,6-10,12,16H,2-3,5,11,13H2,1H3,(H,19,21)/t16-/m1/s1. The Morgan fingerprint density at radius 1 is 1.24 bits per heavy atom. The third kappa shape index (κ3) is 3.94. The van der Waals surface area contributed by atoms with Gasteiger partial charge in [0.2, 0.25) is 5.91 Å². The van der Waals surface area contributed by atoms with Crippen LogP contribution in [0.3, 0.4) is 0 Å². The molecule has 1 saturated heterocycles. The number of benzene rings is 1. The minimum absolute atomic E-state index is 0.225. The summed E-state index contributed by atoms with van der Waals surface area (Å²) in [7, 11) is -3.59. The Hall–Kier alpha value is -1.70. The molecule has 0 radical (unpaired) electrons. The molecule has 0 spiro atoms. The molecule has 0 unspecified atom stereocenters. The van der Waals surface area contributed by atoms with Crippen LogP contribution in [0.4, 0.5) is 0 Å². The van der Waals surface area contributed by atoms with Crippen LogP contribution >= 0.6 is 11.3 Å². The van der Waals surface area contributed by atoms with Gasteiger partial charge in [0.15, 0.2) is 0 Å². The summed E-state index contributed by atoms with van der Waals surface area (Å²) in [5.41, 5.74) is 2.26. The maximum atomic E-state index is 12.7. The molecule has 7 heteroatoms. The molecule has 3 rings (SSSR count). The lowest BCUT2D eigenvalue weighted by molar-refractivity contribution is -0.124. The zero-order valence-electron chi connectivity index (χ0n) is 14.1. The van der Waals surface area contributed by atoms with Crippen LogP contribution in [0.2, 0.25) is 0 Å². The van der Waals surface area contributed by atoms with Gasteiger partial charge in [0.25, 0.3) is 10.0 Å². The Balaban J connectivity index is 1.66. The van der Waals surface area contributed by atoms with E-state index < -0.39 is 16.1 Å². The predicted molar refractivity (Wildman–Crippen MR) is 98.9 cm³/mol. The minimum atomic E-state index is -3.59. The highest BCUT2D eigenvalue weighted by Gasteiger charge is 2.39. The van der Waals surface area contributed by atoms with Gasteiger partial charge < -0.3 is 5.32 Å². The number of carbonyl (C=O) groups is 1. The smallest absolute Gasteiger partial charge is 0.253 e. The molecule has 1 fully saturated rings. The number of sulfonamides is 1. The van der Waals surface area contributed by atoms with Crippen LogP contribution in [-0.4, -0.2) is 31.2 Å². The fourth-order valence-corrected chi connectivity index (χ4v) is 5.79. The normalized spacial score (nSPS) is 18.4. The molecule has 1 N–H and O–H groups in total. The van der Waals surface area contributed by atoms with Gasteiger partial charge in [-0.3, -0.25) is 4.79 Å². The van der Waals surface area contributed by atoms with Crippen molar-refractivity contribution in [2.75, 3.05) is 6.54 Å². The molecular weight excluding hydrogens is 356 g/mol. The molecule has 2 heterocycles. The van der Waals surface area contributed by atoms with Gasteiger partial charge in [0.05, 0.1) is 0 Å². The van der Waals surface area contributed by atoms with Gasteiger partial charge in [-0.25, -0.2) is 8.42 Å². The van der Waals surface area contributed by atoms with Crippen molar-refractivity contribution in [3.8, 4) is 0 Å². The van der Waals surface area contributed by atoms with Crippen LogP contribution < -0.4 is 5.32 Å². The Labute approximate surface area is 152 Å². The Morgan fingerprint density at radius 2 is 1.96 bits per heavy atom. The molecule has 0 bridgehead atoms. The minimum Gasteiger partial charge on any atom is -0.351 e. The van der Waals surface area contributed by atoms with E-state index >= 15 is 0 Å². The first kappa shape index (κ1) is 18.1. The van der Waals surface area contributed by atoms with E-state index in [9.17, 15) is 13.2 Å². The Morgan fingerprint density at radius 3 is 2.60 bits per heavy atom. The van der Waals surface area contributed by atoms with Crippen molar-refractivity contribution in [1.82, 2.24) is 9.62 Å². The largest absolute Gasteiger partial charge is 0.351 e. The second-order valence-corrected chi connectivity index (χ2v) is 9.16. The lowest BCUT2D eigenvalue weighted by Gasteiger charge is -2.22. The summed E-state index contributed by atoms with van der Waals surface area (Å²) in [4.78, 5) is 12.6. The average Bonchev–Trinajstić information content (AvgIpc) is 3.31. The molecule has 1 aromatic heterocycles. The quantitative estimate of drug-likeness (QED) is 0.840. The van der Waals surface area contributed by atoms with Crippen LogP contribution in [0.5, 0.6) is 0 Å². The van der Waals surface area contributed by atoms with E-state index in [1.807, 2.05) is 24.3 Å². The topological polar surface area (TPSA) is 66.5 Å². The van der Waals surface area contributed by atoms with Gasteiger partial charge in [-0.15, -0.1) is 11.3 Å². The molecule has 1 aliphatic rings. The monoisotopic (exact) mass is 378 g/mol. The molecule has 2 aromatic rings. The number of amides is 1. The van der Waals surface area contributed by atoms with Crippen molar-refractivity contribution in [2.24, 2.45) is 0 Å². The van der Waals surface area contributed by atoms with E-state index in [1.54, 1.807) is 17.5 Å². The second-order valence-electron chi connectivity index (χ2n) is 6.09. The van der Waals surface area contributed by atoms with E-state index in [-0.39, 0.29) is 5.91 Å². The van der Waals surface area contributed by atoms with E-state index in [4.69, 9.17) is 0 Å². The highest BCUT2D eigenvalue weighted by molar-refractivity contribution is 7.91. The van der Waals surface area contributed by atoms with Crippen molar-refractivity contribution in [3.63, 3.8) is 0 Å². The van der Waals surface area contributed by atoms with E-state index in [2.05, 4.69) is 12.2 Å². The van der Waals surface area contributed by atoms with Gasteiger partial charge in [-0.05, 0) is 41.8 Å². The van der Waals surface area contributed by atoms with Crippen molar-refractivity contribution >= 4 is 27.3 Å². The summed E-state index contributed by atoms with van der Waals surface area (Å²) in [6.45, 7) is 2.90. The number of nitrogens with one attached hydrogen (secondary N) is 1. The number of rotatable bonds is 6. The average molecular weight is 379 g/mol. The highest BCUT2D eigenvalue weighted by atomic mass is 32.2. The molecule has 1 aromatic carbocycles. The van der Waals surface area contributed by atoms with Crippen molar-refractivity contribution in [1.29, 1.82) is 0 Å². The first-order valence-electron chi connectivity index (χ1n) is 8.43. The molecule has 0 aliphatic carbocycles. The molecule has 25 heavy (non-hydrogen) atoms. The second kappa shape index (κ2) is 7.68. The SMILES string of the molecule is CCc1ccc(CNC(=O)[C@H]2CCCN2S(=O)(=O)c2cccs2)cc1. The molecule has 1 amide bonds. The number of hydrogen-bond donors (Lipinski definition) is 1. The Bertz CT molecular complexity index is 815. The molecule has 134 valence electrons. The van der Waals surface area contributed by atoms with E-state index in [0.717, 1.165) is 12.0 Å². The van der Waals surface area contributed by atoms with Crippen LogP contribution in [0.25, 0.3) is 0 Å². The number of thiophene rings is 1. The zero-order chi connectivity index (χ0) is 17.9. The van der Waals surface area contributed by atoms with Crippen molar-refractivity contribution in [3.05, 3.63) is 52.9 Å². The van der Waals surface area contributed by atoms with Crippen molar-refractivity contribution < 1.29 is 13.2 Å². The van der Waals surface area contributed by atoms with Crippen LogP contribution in [0, 0.1) is 0 Å². The summed E-state index contributed by atoms with van der Waals surface area (Å²) in [5.74, 6) is -0.225. The fraction of sp³-hybridized carbons (Fsp3) is 0.389. The molecule has 1 atom stereocenters. The van der Waals surface area contributed by atoms with Gasteiger partial charge in [0.1, 0.15) is 10.3 Å². The first-order chi connectivity index (χ1) is 12.0. The third-order valence-corrected chi connectivity index (χ3v) is 7.74. The summed E-state index contributed by atoms with van der Waals surface area (Å²) in [6.07, 6.45) is 2.24. The predicted octanol–water partition coefficient (Wildman–Crippen LogP) is 2.78. The Kier molecular flexibility index (Phi) is 5.56. The van der Waals surface area contributed by atoms with Gasteiger partial charge >= 0.3 is 0 Å². The summed E-state index contributed by atoms with van der Waals surface area (Å²) >= 11 is 1.18. The maximum absolute atomic E-state index is 12.7. The molecular formula is C18H22N2O3S2. The summed E-state index contributed by atoms with van der Waals surface area (Å²) < 4.78 is 27.1. The lowest BCUT2D eigenvalue weighted by Crippen LogP contribution is -2.45. The summed E-state index contributed by atoms with van der Waals surface area (Å²) in [6, 6.07) is 10.8. The highest BCUT2D eigenvalue weighted by Crippen LogP contribution is 2.28. The third-order valence-electron chi connectivity index (χ3n) is 4.46. The van der Waals surface area contributed by atoms with Crippen molar-refractivity contribution in [2.45, 2.75) is 43.0 Å². The first-order valence-corrected chi connectivity index (χ1v) is 10.7. The van der Waals surface area contributed by atoms with E-state index in [1.165, 1.54) is 21.2 Å². The van der Waals surface area contributed by atoms with Crippen LogP contribution in [0.1, 0.15) is 30.9 Å². The number of carbonyl (C=O) groups excluding carboxylic acids is 1. The number of hydrogen-bond acceptors (Lipinski definition) is 4. The van der Waals surface area contributed by atoms with E-state index in [0.29, 0.717) is 30.1 Å². The molecule has 0 saturated carbocycles. The lowest BCUT2D eigenvalue weighted by atomic mass is 10.1. The summed E-state index contributed by atoms with van der Waals surface area (Å²) in [5, 5.41) is 4.62. The zero-order valence-corrected chi connectivity index (χ0v) is 15.8. The number of aryl methyl sites for hydroxylation is 1. The van der Waals surface area contributed by atoms with Gasteiger partial charge in [0, 0.05) is 13.1 Å². The number of nitrogens with zero attached hydrogens (tertiary/aromatic N) is 1. The van der Waals surface area contributed by atoms with Gasteiger partial charge in [-0.1, -0.05) is 37.3 Å². The van der Waals surface area contributed by atoms with Crippen LogP contribution in [-0.2, 0) is 27.8 Å². The maximum Gasteiger partial charge on any atom is 0.253 e.